The third-order valence-corrected chi connectivity index (χ3v) is 6.08. The highest BCUT2D eigenvalue weighted by Crippen LogP contribution is 2.23. The third-order valence-electron chi connectivity index (χ3n) is 4.86. The molecule has 0 unspecified atom stereocenters. The number of ether oxygens (including phenoxy) is 1. The van der Waals surface area contributed by atoms with Gasteiger partial charge in [-0.05, 0) is 48.9 Å². The number of nitrogens with zero attached hydrogens (tertiary/aromatic N) is 3. The molecule has 7 nitrogen and oxygen atoms in total. The Labute approximate surface area is 193 Å². The Morgan fingerprint density at radius 1 is 1.16 bits per heavy atom. The van der Waals surface area contributed by atoms with Crippen molar-refractivity contribution >= 4 is 56.8 Å². The predicted molar refractivity (Wildman–Crippen MR) is 129 cm³/mol. The van der Waals surface area contributed by atoms with Gasteiger partial charge in [-0.25, -0.2) is 4.98 Å². The van der Waals surface area contributed by atoms with Crippen LogP contribution in [0.1, 0.15) is 6.42 Å². The van der Waals surface area contributed by atoms with Crippen molar-refractivity contribution in [3.8, 4) is 0 Å². The van der Waals surface area contributed by atoms with Crippen LogP contribution in [-0.4, -0.2) is 39.9 Å². The Morgan fingerprint density at radius 3 is 2.88 bits per heavy atom. The highest BCUT2D eigenvalue weighted by molar-refractivity contribution is 7.99. The van der Waals surface area contributed by atoms with E-state index in [-0.39, 0.29) is 17.2 Å². The van der Waals surface area contributed by atoms with Crippen molar-refractivity contribution in [1.29, 1.82) is 0 Å². The van der Waals surface area contributed by atoms with Gasteiger partial charge in [0.2, 0.25) is 5.91 Å². The normalized spacial score (nSPS) is 11.2. The van der Waals surface area contributed by atoms with E-state index in [2.05, 4.69) is 15.3 Å². The average Bonchev–Trinajstić information content (AvgIpc) is 2.79. The number of hydrogen-bond donors (Lipinski definition) is 1. The second kappa shape index (κ2) is 10.1. The number of fused-ring (bicyclic) bond motifs is 2. The molecule has 0 aliphatic carbocycles. The van der Waals surface area contributed by atoms with Crippen LogP contribution in [0, 0.1) is 0 Å². The number of halogens is 1. The predicted octanol–water partition coefficient (Wildman–Crippen LogP) is 4.37. The molecular formula is C23H21ClN4O3S. The number of carbonyl (C=O) groups excluding carboxylic acids is 1. The van der Waals surface area contributed by atoms with Crippen LogP contribution in [0.4, 0.5) is 5.69 Å². The van der Waals surface area contributed by atoms with Gasteiger partial charge >= 0.3 is 0 Å². The lowest BCUT2D eigenvalue weighted by Gasteiger charge is -2.13. The number of pyridine rings is 1. The van der Waals surface area contributed by atoms with Gasteiger partial charge in [-0.2, -0.15) is 0 Å². The number of benzene rings is 2. The molecule has 1 N–H and O–H groups in total. The number of thioether (sulfide) groups is 1. The number of aromatic nitrogens is 3. The molecule has 4 rings (SSSR count). The summed E-state index contributed by atoms with van der Waals surface area (Å²) >= 11 is 7.30. The molecule has 2 heterocycles. The molecule has 2 aromatic carbocycles. The van der Waals surface area contributed by atoms with E-state index in [9.17, 15) is 9.59 Å². The van der Waals surface area contributed by atoms with Crippen molar-refractivity contribution in [3.05, 3.63) is 70.1 Å². The molecule has 0 aliphatic rings. The zero-order chi connectivity index (χ0) is 22.5. The first-order valence-corrected chi connectivity index (χ1v) is 11.4. The molecular weight excluding hydrogens is 448 g/mol. The number of methoxy groups -OCH3 is 1. The number of rotatable bonds is 8. The van der Waals surface area contributed by atoms with Crippen LogP contribution in [-0.2, 0) is 16.1 Å². The minimum Gasteiger partial charge on any atom is -0.385 e. The number of anilines is 1. The van der Waals surface area contributed by atoms with Crippen molar-refractivity contribution in [1.82, 2.24) is 14.5 Å². The lowest BCUT2D eigenvalue weighted by atomic mass is 10.2. The second-order valence-corrected chi connectivity index (χ2v) is 8.45. The van der Waals surface area contributed by atoms with E-state index in [0.717, 1.165) is 10.9 Å². The summed E-state index contributed by atoms with van der Waals surface area (Å²) in [6.45, 7) is 0.960. The maximum atomic E-state index is 13.1. The molecule has 164 valence electrons. The summed E-state index contributed by atoms with van der Waals surface area (Å²) in [5, 5.41) is 5.25. The minimum absolute atomic E-state index is 0.0967. The lowest BCUT2D eigenvalue weighted by Crippen LogP contribution is -2.25. The SMILES string of the molecule is COCCCn1c(SCC(=O)Nc2cccc3ncccc23)nc2cc(Cl)ccc2c1=O. The second-order valence-electron chi connectivity index (χ2n) is 7.07. The van der Waals surface area contributed by atoms with Crippen LogP contribution in [0.25, 0.3) is 21.8 Å². The molecule has 0 fully saturated rings. The van der Waals surface area contributed by atoms with Crippen LogP contribution in [0.15, 0.2) is 64.7 Å². The summed E-state index contributed by atoms with van der Waals surface area (Å²) in [6, 6.07) is 14.3. The van der Waals surface area contributed by atoms with E-state index in [1.54, 1.807) is 36.1 Å². The van der Waals surface area contributed by atoms with Gasteiger partial charge in [0.05, 0.1) is 27.9 Å². The smallest absolute Gasteiger partial charge is 0.262 e. The third kappa shape index (κ3) is 4.93. The average molecular weight is 469 g/mol. The van der Waals surface area contributed by atoms with Gasteiger partial charge in [0.1, 0.15) is 0 Å². The molecule has 0 spiro atoms. The highest BCUT2D eigenvalue weighted by Gasteiger charge is 2.14. The first kappa shape index (κ1) is 22.3. The van der Waals surface area contributed by atoms with Crippen LogP contribution < -0.4 is 10.9 Å². The quantitative estimate of drug-likeness (QED) is 0.235. The Bertz CT molecular complexity index is 1340. The van der Waals surface area contributed by atoms with E-state index in [1.165, 1.54) is 11.8 Å². The largest absolute Gasteiger partial charge is 0.385 e. The minimum atomic E-state index is -0.199. The van der Waals surface area contributed by atoms with Crippen molar-refractivity contribution < 1.29 is 9.53 Å². The molecule has 0 aliphatic heterocycles. The number of hydrogen-bond acceptors (Lipinski definition) is 6. The van der Waals surface area contributed by atoms with Gasteiger partial charge in [-0.3, -0.25) is 19.1 Å². The van der Waals surface area contributed by atoms with Gasteiger partial charge < -0.3 is 10.1 Å². The molecule has 32 heavy (non-hydrogen) atoms. The van der Waals surface area contributed by atoms with Gasteiger partial charge in [-0.1, -0.05) is 29.4 Å². The molecule has 9 heteroatoms. The Balaban J connectivity index is 1.57. The summed E-state index contributed by atoms with van der Waals surface area (Å²) in [6.07, 6.45) is 2.37. The summed E-state index contributed by atoms with van der Waals surface area (Å²) in [5.41, 5.74) is 1.84. The first-order chi connectivity index (χ1) is 15.6. The monoisotopic (exact) mass is 468 g/mol. The van der Waals surface area contributed by atoms with Crippen LogP contribution >= 0.6 is 23.4 Å². The topological polar surface area (TPSA) is 86.1 Å². The molecule has 0 atom stereocenters. The van der Waals surface area contributed by atoms with E-state index < -0.39 is 0 Å². The molecule has 0 saturated carbocycles. The van der Waals surface area contributed by atoms with E-state index in [4.69, 9.17) is 16.3 Å². The Morgan fingerprint density at radius 2 is 2.03 bits per heavy atom. The molecule has 4 aromatic rings. The summed E-state index contributed by atoms with van der Waals surface area (Å²) in [4.78, 5) is 34.7. The maximum absolute atomic E-state index is 13.1. The Kier molecular flexibility index (Phi) is 7.04. The molecule has 0 bridgehead atoms. The fraction of sp³-hybridized carbons (Fsp3) is 0.217. The molecule has 1 amide bonds. The van der Waals surface area contributed by atoms with E-state index >= 15 is 0 Å². The fourth-order valence-corrected chi connectivity index (χ4v) is 4.37. The highest BCUT2D eigenvalue weighted by atomic mass is 35.5. The van der Waals surface area contributed by atoms with Crippen molar-refractivity contribution in [3.63, 3.8) is 0 Å². The van der Waals surface area contributed by atoms with Gasteiger partial charge in [0.15, 0.2) is 5.16 Å². The van der Waals surface area contributed by atoms with Gasteiger partial charge in [-0.15, -0.1) is 0 Å². The molecule has 0 saturated heterocycles. The summed E-state index contributed by atoms with van der Waals surface area (Å²) < 4.78 is 6.71. The van der Waals surface area contributed by atoms with Gasteiger partial charge in [0.25, 0.3) is 5.56 Å². The van der Waals surface area contributed by atoms with Gasteiger partial charge in [0, 0.05) is 36.9 Å². The Hall–Kier alpha value is -2.94. The zero-order valence-corrected chi connectivity index (χ0v) is 18.9. The maximum Gasteiger partial charge on any atom is 0.262 e. The molecule has 2 aromatic heterocycles. The van der Waals surface area contributed by atoms with Crippen molar-refractivity contribution in [2.75, 3.05) is 24.8 Å². The summed E-state index contributed by atoms with van der Waals surface area (Å²) in [5.74, 6) is -0.102. The number of nitrogens with one attached hydrogen (secondary N) is 1. The fourth-order valence-electron chi connectivity index (χ4n) is 3.38. The van der Waals surface area contributed by atoms with Crippen molar-refractivity contribution in [2.45, 2.75) is 18.1 Å². The van der Waals surface area contributed by atoms with Crippen LogP contribution in [0.5, 0.6) is 0 Å². The number of amides is 1. The van der Waals surface area contributed by atoms with Crippen LogP contribution in [0.3, 0.4) is 0 Å². The van der Waals surface area contributed by atoms with E-state index in [1.807, 2.05) is 30.3 Å². The van der Waals surface area contributed by atoms with Crippen molar-refractivity contribution in [2.24, 2.45) is 0 Å². The standard InChI is InChI=1S/C23H21ClN4O3S/c1-31-12-4-11-28-22(30)17-9-8-15(24)13-20(17)27-23(28)32-14-21(29)26-19-7-2-6-18-16(19)5-3-10-25-18/h2-3,5-10,13H,4,11-12,14H2,1H3,(H,26,29). The lowest BCUT2D eigenvalue weighted by molar-refractivity contribution is -0.113. The molecule has 0 radical (unpaired) electrons. The first-order valence-electron chi connectivity index (χ1n) is 10.0. The summed E-state index contributed by atoms with van der Waals surface area (Å²) in [7, 11) is 1.62. The zero-order valence-electron chi connectivity index (χ0n) is 17.4. The number of carbonyl (C=O) groups is 1. The van der Waals surface area contributed by atoms with Crippen LogP contribution in [0.2, 0.25) is 5.02 Å². The van der Waals surface area contributed by atoms with E-state index in [0.29, 0.717) is 46.3 Å².